The Kier molecular flexibility index (Phi) is 2.58. The lowest BCUT2D eigenvalue weighted by atomic mass is 10.1. The van der Waals surface area contributed by atoms with Crippen LogP contribution >= 0.6 is 0 Å². The zero-order chi connectivity index (χ0) is 13.2. The maximum Gasteiger partial charge on any atom is 0.190 e. The zero-order valence-corrected chi connectivity index (χ0v) is 11.7. The van der Waals surface area contributed by atoms with Crippen molar-refractivity contribution in [2.45, 2.75) is 87.5 Å². The second-order valence-corrected chi connectivity index (χ2v) is 6.87. The summed E-state index contributed by atoms with van der Waals surface area (Å²) in [5, 5.41) is 0. The first-order valence-electron chi connectivity index (χ1n) is 8.11. The highest BCUT2D eigenvalue weighted by Gasteiger charge is 2.62. The van der Waals surface area contributed by atoms with Gasteiger partial charge in [-0.25, -0.2) is 0 Å². The van der Waals surface area contributed by atoms with E-state index in [2.05, 4.69) is 0 Å². The Bertz CT molecular complexity index is 399. The van der Waals surface area contributed by atoms with Crippen LogP contribution in [-0.4, -0.2) is 42.8 Å². The van der Waals surface area contributed by atoms with Crippen LogP contribution in [0.2, 0.25) is 0 Å². The van der Waals surface area contributed by atoms with E-state index in [0.717, 1.165) is 25.7 Å². The number of ether oxygens (including phenoxy) is 5. The minimum atomic E-state index is -0.384. The highest BCUT2D eigenvalue weighted by Crippen LogP contribution is 2.50. The van der Waals surface area contributed by atoms with E-state index in [1.807, 2.05) is 0 Å². The fourth-order valence-corrected chi connectivity index (χ4v) is 4.52. The van der Waals surface area contributed by atoms with E-state index < -0.39 is 0 Å². The van der Waals surface area contributed by atoms with Gasteiger partial charge in [0.2, 0.25) is 0 Å². The average Bonchev–Trinajstić information content (AvgIpc) is 3.19. The highest BCUT2D eigenvalue weighted by molar-refractivity contribution is 5.00. The Morgan fingerprint density at radius 3 is 2.10 bits per heavy atom. The summed E-state index contributed by atoms with van der Waals surface area (Å²) in [7, 11) is 0. The summed E-state index contributed by atoms with van der Waals surface area (Å²) in [6.07, 6.45) is 8.33. The van der Waals surface area contributed by atoms with Crippen LogP contribution in [0.25, 0.3) is 0 Å². The van der Waals surface area contributed by atoms with Crippen molar-refractivity contribution in [3.8, 4) is 0 Å². The number of hydrogen-bond donors (Lipinski definition) is 0. The van der Waals surface area contributed by atoms with Gasteiger partial charge in [-0.3, -0.25) is 0 Å². The Hall–Kier alpha value is -0.200. The summed E-state index contributed by atoms with van der Waals surface area (Å²) < 4.78 is 30.6. The smallest absolute Gasteiger partial charge is 0.190 e. The van der Waals surface area contributed by atoms with Crippen LogP contribution in [0.3, 0.4) is 0 Å². The van der Waals surface area contributed by atoms with Gasteiger partial charge in [-0.05, 0) is 25.7 Å². The average molecular weight is 282 g/mol. The van der Waals surface area contributed by atoms with Gasteiger partial charge in [-0.1, -0.05) is 0 Å². The van der Waals surface area contributed by atoms with E-state index >= 15 is 0 Å². The van der Waals surface area contributed by atoms with Crippen molar-refractivity contribution >= 4 is 0 Å². The maximum atomic E-state index is 6.32. The molecule has 5 rings (SSSR count). The molecule has 3 saturated heterocycles. The van der Waals surface area contributed by atoms with Crippen LogP contribution in [0.5, 0.6) is 0 Å². The minimum Gasteiger partial charge on any atom is -0.347 e. The molecule has 3 aliphatic heterocycles. The molecule has 0 amide bonds. The van der Waals surface area contributed by atoms with Gasteiger partial charge in [0, 0.05) is 25.7 Å². The lowest BCUT2D eigenvalue weighted by molar-refractivity contribution is -0.332. The van der Waals surface area contributed by atoms with Crippen molar-refractivity contribution in [1.82, 2.24) is 0 Å². The van der Waals surface area contributed by atoms with Crippen LogP contribution in [0.1, 0.15) is 51.4 Å². The molecule has 2 aliphatic carbocycles. The molecule has 0 N–H and O–H groups in total. The first kappa shape index (κ1) is 12.4. The summed E-state index contributed by atoms with van der Waals surface area (Å²) >= 11 is 0. The summed E-state index contributed by atoms with van der Waals surface area (Å²) in [6.45, 7) is 0.609. The predicted molar refractivity (Wildman–Crippen MR) is 67.8 cm³/mol. The fourth-order valence-electron chi connectivity index (χ4n) is 4.52. The van der Waals surface area contributed by atoms with Gasteiger partial charge in [-0.15, -0.1) is 0 Å². The summed E-state index contributed by atoms with van der Waals surface area (Å²) in [5.41, 5.74) is 0. The molecule has 2 saturated carbocycles. The normalized spacial score (nSPS) is 48.0. The number of hydrogen-bond acceptors (Lipinski definition) is 5. The van der Waals surface area contributed by atoms with Crippen molar-refractivity contribution < 1.29 is 23.7 Å². The molecule has 1 unspecified atom stereocenters. The Balaban J connectivity index is 1.37. The molecule has 5 heteroatoms. The molecule has 20 heavy (non-hydrogen) atoms. The highest BCUT2D eigenvalue weighted by atomic mass is 16.9. The first-order chi connectivity index (χ1) is 9.78. The van der Waals surface area contributed by atoms with E-state index in [1.165, 1.54) is 25.7 Å². The monoisotopic (exact) mass is 282 g/mol. The molecule has 0 aromatic rings. The second kappa shape index (κ2) is 4.17. The van der Waals surface area contributed by atoms with Crippen LogP contribution in [0, 0.1) is 0 Å². The van der Waals surface area contributed by atoms with Crippen molar-refractivity contribution in [3.05, 3.63) is 0 Å². The third kappa shape index (κ3) is 1.67. The summed E-state index contributed by atoms with van der Waals surface area (Å²) in [6, 6.07) is 0. The molecule has 0 bridgehead atoms. The van der Waals surface area contributed by atoms with Crippen molar-refractivity contribution in [2.75, 3.05) is 6.61 Å². The van der Waals surface area contributed by atoms with E-state index in [1.54, 1.807) is 0 Å². The maximum absolute atomic E-state index is 6.32. The third-order valence-corrected chi connectivity index (χ3v) is 5.54. The molecule has 0 aromatic heterocycles. The van der Waals surface area contributed by atoms with Crippen LogP contribution < -0.4 is 0 Å². The van der Waals surface area contributed by atoms with E-state index in [-0.39, 0.29) is 36.2 Å². The van der Waals surface area contributed by atoms with Gasteiger partial charge in [0.15, 0.2) is 17.9 Å². The Labute approximate surface area is 118 Å². The topological polar surface area (TPSA) is 46.2 Å². The Morgan fingerprint density at radius 1 is 0.700 bits per heavy atom. The summed E-state index contributed by atoms with van der Waals surface area (Å²) in [4.78, 5) is 0. The van der Waals surface area contributed by atoms with Gasteiger partial charge in [0.05, 0.1) is 6.61 Å². The largest absolute Gasteiger partial charge is 0.347 e. The Morgan fingerprint density at radius 2 is 1.35 bits per heavy atom. The van der Waals surface area contributed by atoms with E-state index in [4.69, 9.17) is 23.7 Å². The summed E-state index contributed by atoms with van der Waals surface area (Å²) in [5.74, 6) is -0.751. The van der Waals surface area contributed by atoms with Gasteiger partial charge in [-0.2, -0.15) is 0 Å². The van der Waals surface area contributed by atoms with Crippen molar-refractivity contribution in [2.24, 2.45) is 0 Å². The van der Waals surface area contributed by atoms with Gasteiger partial charge >= 0.3 is 0 Å². The van der Waals surface area contributed by atoms with Gasteiger partial charge < -0.3 is 23.7 Å². The molecule has 4 atom stereocenters. The standard InChI is InChI=1S/C15H22O5/c1-2-6-14(5-1)16-9-10-11(18-14)12-13(17-10)20-15(19-12)7-3-4-8-15/h10-13H,1-9H2/t10-,11+,12-,13?/m1/s1. The van der Waals surface area contributed by atoms with E-state index in [9.17, 15) is 0 Å². The first-order valence-corrected chi connectivity index (χ1v) is 8.11. The molecule has 0 aromatic carbocycles. The molecule has 5 aliphatic rings. The quantitative estimate of drug-likeness (QED) is 0.681. The van der Waals surface area contributed by atoms with Gasteiger partial charge in [0.1, 0.15) is 18.3 Å². The second-order valence-electron chi connectivity index (χ2n) is 6.87. The third-order valence-electron chi connectivity index (χ3n) is 5.54. The van der Waals surface area contributed by atoms with Crippen molar-refractivity contribution in [3.63, 3.8) is 0 Å². The predicted octanol–water partition coefficient (Wildman–Crippen LogP) is 2.08. The van der Waals surface area contributed by atoms with Crippen molar-refractivity contribution in [1.29, 1.82) is 0 Å². The van der Waals surface area contributed by atoms with Crippen LogP contribution in [0.4, 0.5) is 0 Å². The molecule has 112 valence electrons. The lowest BCUT2D eigenvalue weighted by Gasteiger charge is -2.41. The number of rotatable bonds is 0. The SMILES string of the molecule is C1CCC2(C1)OC[C@H]1OC3OC4(CCCC4)O[C@@H]3[C@H]1O2. The van der Waals surface area contributed by atoms with Crippen LogP contribution in [-0.2, 0) is 23.7 Å². The molecule has 3 heterocycles. The molecular weight excluding hydrogens is 260 g/mol. The molecule has 5 fully saturated rings. The zero-order valence-electron chi connectivity index (χ0n) is 11.7. The van der Waals surface area contributed by atoms with Gasteiger partial charge in [0.25, 0.3) is 0 Å². The minimum absolute atomic E-state index is 0.0215. The molecule has 2 spiro atoms. The molecule has 5 nitrogen and oxygen atoms in total. The fraction of sp³-hybridized carbons (Fsp3) is 1.00. The molecule has 0 radical (unpaired) electrons. The van der Waals surface area contributed by atoms with E-state index in [0.29, 0.717) is 6.61 Å². The van der Waals surface area contributed by atoms with Crippen LogP contribution in [0.15, 0.2) is 0 Å². The number of fused-ring (bicyclic) bond motifs is 3. The lowest BCUT2D eigenvalue weighted by Crippen LogP contribution is -2.52. The molecular formula is C15H22O5.